The molecule has 0 atom stereocenters. The maximum atomic E-state index is 11.7. The number of carboxylic acids is 1. The molecule has 2 saturated carbocycles. The zero-order valence-electron chi connectivity index (χ0n) is 24.6. The van der Waals surface area contributed by atoms with Crippen LogP contribution < -0.4 is 0 Å². The molecule has 39 heavy (non-hydrogen) atoms. The van der Waals surface area contributed by atoms with Crippen LogP contribution in [0, 0.1) is 18.3 Å². The highest BCUT2D eigenvalue weighted by Gasteiger charge is 2.41. The molecule has 2 fully saturated rings. The second-order valence-electron chi connectivity index (χ2n) is 12.4. The molecule has 0 radical (unpaired) electrons. The van der Waals surface area contributed by atoms with Gasteiger partial charge in [0.15, 0.2) is 0 Å². The first-order valence-corrected chi connectivity index (χ1v) is 15.1. The quantitative estimate of drug-likeness (QED) is 0.269. The molecule has 2 aliphatic rings. The molecule has 5 rings (SSSR count). The number of rotatable bonds is 10. The summed E-state index contributed by atoms with van der Waals surface area (Å²) in [5.41, 5.74) is 10.0. The van der Waals surface area contributed by atoms with Crippen molar-refractivity contribution in [2.45, 2.75) is 92.2 Å². The molecule has 2 aromatic carbocycles. The number of fused-ring (bicyclic) bond motifs is 1. The summed E-state index contributed by atoms with van der Waals surface area (Å²) >= 11 is 0. The van der Waals surface area contributed by atoms with Gasteiger partial charge in [0.05, 0.1) is 11.1 Å². The molecule has 0 spiro atoms. The third kappa shape index (κ3) is 5.59. The zero-order valence-corrected chi connectivity index (χ0v) is 24.6. The largest absolute Gasteiger partial charge is 0.478 e. The van der Waals surface area contributed by atoms with Crippen molar-refractivity contribution < 1.29 is 9.90 Å². The number of benzene rings is 2. The minimum absolute atomic E-state index is 0.367. The lowest BCUT2D eigenvalue weighted by Crippen LogP contribution is -2.16. The predicted molar refractivity (Wildman–Crippen MR) is 163 cm³/mol. The van der Waals surface area contributed by atoms with Gasteiger partial charge < -0.3 is 14.6 Å². The van der Waals surface area contributed by atoms with Gasteiger partial charge in [-0.1, -0.05) is 57.4 Å². The topological polar surface area (TPSA) is 45.5 Å². The number of carbonyl (C=O) groups is 1. The van der Waals surface area contributed by atoms with Crippen LogP contribution in [-0.2, 0) is 13.1 Å². The third-order valence-electron chi connectivity index (χ3n) is 9.76. The maximum absolute atomic E-state index is 11.7. The van der Waals surface area contributed by atoms with Crippen LogP contribution in [0.15, 0.2) is 42.6 Å². The van der Waals surface area contributed by atoms with Gasteiger partial charge in [-0.05, 0) is 111 Å². The first-order valence-electron chi connectivity index (χ1n) is 15.1. The molecule has 4 nitrogen and oxygen atoms in total. The highest BCUT2D eigenvalue weighted by atomic mass is 16.4. The van der Waals surface area contributed by atoms with Gasteiger partial charge in [0.2, 0.25) is 0 Å². The molecule has 1 N–H and O–H groups in total. The van der Waals surface area contributed by atoms with Crippen molar-refractivity contribution in [1.29, 1.82) is 0 Å². The van der Waals surface area contributed by atoms with Crippen LogP contribution in [0.5, 0.6) is 0 Å². The van der Waals surface area contributed by atoms with Gasteiger partial charge in [-0.2, -0.15) is 0 Å². The Kier molecular flexibility index (Phi) is 8.05. The number of para-hydroxylation sites is 1. The molecule has 0 aliphatic heterocycles. The second kappa shape index (κ2) is 11.3. The molecular formula is C35H46N2O2. The fourth-order valence-corrected chi connectivity index (χ4v) is 6.92. The van der Waals surface area contributed by atoms with Crippen molar-refractivity contribution in [3.8, 4) is 0 Å². The molecule has 1 aromatic heterocycles. The fourth-order valence-electron chi connectivity index (χ4n) is 6.92. The van der Waals surface area contributed by atoms with Gasteiger partial charge in [-0.25, -0.2) is 4.79 Å². The van der Waals surface area contributed by atoms with Gasteiger partial charge in [0.1, 0.15) is 0 Å². The van der Waals surface area contributed by atoms with Gasteiger partial charge in [-0.3, -0.25) is 0 Å². The number of hydrogen-bond acceptors (Lipinski definition) is 2. The Balaban J connectivity index is 1.72. The van der Waals surface area contributed by atoms with Crippen LogP contribution in [-0.4, -0.2) is 34.1 Å². The molecule has 3 aromatic rings. The van der Waals surface area contributed by atoms with Gasteiger partial charge in [0, 0.05) is 30.2 Å². The molecule has 0 unspecified atom stereocenters. The van der Waals surface area contributed by atoms with Crippen molar-refractivity contribution >= 4 is 28.0 Å². The molecule has 2 aliphatic carbocycles. The van der Waals surface area contributed by atoms with Crippen molar-refractivity contribution in [1.82, 2.24) is 9.47 Å². The van der Waals surface area contributed by atoms with Crippen molar-refractivity contribution in [2.75, 3.05) is 13.6 Å². The van der Waals surface area contributed by atoms with E-state index in [4.69, 9.17) is 0 Å². The van der Waals surface area contributed by atoms with Crippen molar-refractivity contribution in [2.24, 2.45) is 11.3 Å². The summed E-state index contributed by atoms with van der Waals surface area (Å²) in [5.74, 6) is -0.357. The number of hydrogen-bond donors (Lipinski definition) is 1. The SMILES string of the molecule is CCN(C)Cc1cn(CC2(CC)CC2)c2c(/C(C)=C(/c3ccc(C(=O)O)cc3C)C3CCCCC3)cccc12. The minimum Gasteiger partial charge on any atom is -0.478 e. The van der Waals surface area contributed by atoms with E-state index in [1.807, 2.05) is 6.07 Å². The van der Waals surface area contributed by atoms with E-state index in [9.17, 15) is 9.90 Å². The second-order valence-corrected chi connectivity index (χ2v) is 12.4. The van der Waals surface area contributed by atoms with Crippen LogP contribution in [0.2, 0.25) is 0 Å². The highest BCUT2D eigenvalue weighted by Crippen LogP contribution is 2.51. The number of aromatic carboxylic acids is 1. The fraction of sp³-hybridized carbons (Fsp3) is 0.514. The Bertz CT molecular complexity index is 1390. The molecule has 1 heterocycles. The van der Waals surface area contributed by atoms with Gasteiger partial charge in [0.25, 0.3) is 0 Å². The van der Waals surface area contributed by atoms with Gasteiger partial charge in [-0.15, -0.1) is 0 Å². The normalized spacial score (nSPS) is 18.0. The molecule has 4 heteroatoms. The Labute approximate surface area is 234 Å². The molecule has 0 bridgehead atoms. The number of allylic oxidation sites excluding steroid dienone is 2. The van der Waals surface area contributed by atoms with Crippen LogP contribution in [0.3, 0.4) is 0 Å². The summed E-state index contributed by atoms with van der Waals surface area (Å²) in [7, 11) is 2.21. The first-order chi connectivity index (χ1) is 18.8. The van der Waals surface area contributed by atoms with E-state index in [-0.39, 0.29) is 0 Å². The Morgan fingerprint density at radius 3 is 2.44 bits per heavy atom. The molecule has 0 amide bonds. The van der Waals surface area contributed by atoms with Crippen molar-refractivity contribution in [3.05, 3.63) is 70.4 Å². The van der Waals surface area contributed by atoms with E-state index in [0.717, 1.165) is 25.2 Å². The Morgan fingerprint density at radius 1 is 1.08 bits per heavy atom. The number of aromatic nitrogens is 1. The molecule has 0 saturated heterocycles. The lowest BCUT2D eigenvalue weighted by molar-refractivity contribution is 0.0696. The Morgan fingerprint density at radius 2 is 1.82 bits per heavy atom. The van der Waals surface area contributed by atoms with E-state index in [1.165, 1.54) is 90.1 Å². The summed E-state index contributed by atoms with van der Waals surface area (Å²) in [4.78, 5) is 14.1. The lowest BCUT2D eigenvalue weighted by atomic mass is 9.76. The van der Waals surface area contributed by atoms with E-state index in [0.29, 0.717) is 16.9 Å². The summed E-state index contributed by atoms with van der Waals surface area (Å²) in [5, 5.41) is 11.0. The van der Waals surface area contributed by atoms with Crippen molar-refractivity contribution in [3.63, 3.8) is 0 Å². The standard InChI is InChI=1S/C35H46N2O2/c1-6-35(18-19-35)23-37-22-28(21-36(5)7-2)31-15-11-14-30(33(31)37)25(4)32(26-12-9-8-10-13-26)29-17-16-27(34(38)39)20-24(29)3/h11,14-17,20,22,26H,6-10,12-13,18-19,21,23H2,1-5H3,(H,38,39)/b32-25+. The first kappa shape index (κ1) is 27.7. The minimum atomic E-state index is -0.860. The van der Waals surface area contributed by atoms with Crippen LogP contribution >= 0.6 is 0 Å². The predicted octanol–water partition coefficient (Wildman–Crippen LogP) is 8.80. The highest BCUT2D eigenvalue weighted by molar-refractivity contribution is 6.01. The number of carboxylic acid groups (broad SMARTS) is 1. The zero-order chi connectivity index (χ0) is 27.7. The monoisotopic (exact) mass is 526 g/mol. The molecular weight excluding hydrogens is 480 g/mol. The van der Waals surface area contributed by atoms with E-state index in [1.54, 1.807) is 6.07 Å². The summed E-state index contributed by atoms with van der Waals surface area (Å²) in [6.07, 6.45) is 12.6. The summed E-state index contributed by atoms with van der Waals surface area (Å²) in [6, 6.07) is 12.6. The lowest BCUT2D eigenvalue weighted by Gasteiger charge is -2.28. The van der Waals surface area contributed by atoms with Crippen LogP contribution in [0.4, 0.5) is 0 Å². The smallest absolute Gasteiger partial charge is 0.335 e. The summed E-state index contributed by atoms with van der Waals surface area (Å²) in [6.45, 7) is 12.1. The number of nitrogens with zero attached hydrogens (tertiary/aromatic N) is 2. The van der Waals surface area contributed by atoms with E-state index in [2.05, 4.69) is 74.7 Å². The average Bonchev–Trinajstić information content (AvgIpc) is 3.64. The van der Waals surface area contributed by atoms with Gasteiger partial charge >= 0.3 is 5.97 Å². The summed E-state index contributed by atoms with van der Waals surface area (Å²) < 4.78 is 2.59. The van der Waals surface area contributed by atoms with E-state index >= 15 is 0 Å². The Hall–Kier alpha value is -2.85. The van der Waals surface area contributed by atoms with Crippen LogP contribution in [0.1, 0.15) is 105 Å². The maximum Gasteiger partial charge on any atom is 0.335 e. The third-order valence-corrected chi connectivity index (χ3v) is 9.76. The molecule has 208 valence electrons. The van der Waals surface area contributed by atoms with E-state index < -0.39 is 5.97 Å². The van der Waals surface area contributed by atoms with Crippen LogP contribution in [0.25, 0.3) is 22.0 Å². The number of aryl methyl sites for hydroxylation is 1. The average molecular weight is 527 g/mol.